The van der Waals surface area contributed by atoms with Gasteiger partial charge in [-0.3, -0.25) is 4.98 Å². The lowest BCUT2D eigenvalue weighted by Crippen LogP contribution is -2.12. The number of alkyl halides is 3. The van der Waals surface area contributed by atoms with Gasteiger partial charge in [0.05, 0.1) is 29.1 Å². The fourth-order valence-corrected chi connectivity index (χ4v) is 3.38. The molecule has 23 heavy (non-hydrogen) atoms. The van der Waals surface area contributed by atoms with E-state index in [1.165, 1.54) is 7.11 Å². The minimum absolute atomic E-state index is 0.0202. The maximum absolute atomic E-state index is 13.8. The number of pyridine rings is 2. The second-order valence-corrected chi connectivity index (χ2v) is 5.63. The maximum Gasteiger partial charge on any atom is 0.417 e. The Kier molecular flexibility index (Phi) is 2.98. The molecule has 0 atom stereocenters. The van der Waals surface area contributed by atoms with Crippen molar-refractivity contribution >= 4 is 21.8 Å². The van der Waals surface area contributed by atoms with Crippen LogP contribution in [0.1, 0.15) is 23.2 Å². The number of fused-ring (bicyclic) bond motifs is 4. The van der Waals surface area contributed by atoms with Gasteiger partial charge in [0.15, 0.2) is 0 Å². The first-order chi connectivity index (χ1) is 11.0. The molecular formula is C17H13F3N2O. The Morgan fingerprint density at radius 3 is 2.61 bits per heavy atom. The van der Waals surface area contributed by atoms with E-state index in [1.54, 1.807) is 24.3 Å². The number of nitrogens with zero attached hydrogens (tertiary/aromatic N) is 2. The minimum atomic E-state index is -4.47. The molecule has 2 heterocycles. The average molecular weight is 318 g/mol. The number of para-hydroxylation sites is 1. The molecular weight excluding hydrogens is 305 g/mol. The van der Waals surface area contributed by atoms with E-state index >= 15 is 0 Å². The Hall–Kier alpha value is -2.37. The van der Waals surface area contributed by atoms with Crippen LogP contribution in [0, 0.1) is 0 Å². The summed E-state index contributed by atoms with van der Waals surface area (Å²) in [6, 6.07) is 7.06. The fraction of sp³-hybridized carbons (Fsp3) is 0.294. The van der Waals surface area contributed by atoms with Crippen molar-refractivity contribution < 1.29 is 17.9 Å². The number of aryl methyl sites for hydroxylation is 1. The van der Waals surface area contributed by atoms with Crippen LogP contribution in [0.5, 0.6) is 5.88 Å². The van der Waals surface area contributed by atoms with Crippen molar-refractivity contribution in [2.24, 2.45) is 0 Å². The summed E-state index contributed by atoms with van der Waals surface area (Å²) < 4.78 is 46.5. The van der Waals surface area contributed by atoms with Gasteiger partial charge in [0.1, 0.15) is 0 Å². The molecule has 0 aliphatic heterocycles. The summed E-state index contributed by atoms with van der Waals surface area (Å²) >= 11 is 0. The number of halogens is 3. The molecule has 0 radical (unpaired) electrons. The molecule has 3 aromatic rings. The molecule has 1 aliphatic carbocycles. The maximum atomic E-state index is 13.8. The number of methoxy groups -OCH3 is 1. The van der Waals surface area contributed by atoms with Crippen molar-refractivity contribution in [3.8, 4) is 5.88 Å². The molecule has 118 valence electrons. The smallest absolute Gasteiger partial charge is 0.417 e. The minimum Gasteiger partial charge on any atom is -0.480 e. The van der Waals surface area contributed by atoms with Crippen LogP contribution >= 0.6 is 0 Å². The SMILES string of the molecule is COc1nc2ccccc2c2nc3c(c(C(F)(F)F)c12)CCC3. The molecule has 1 aliphatic rings. The molecule has 0 saturated carbocycles. The predicted octanol–water partition coefficient (Wildman–Crippen LogP) is 4.30. The number of hydrogen-bond acceptors (Lipinski definition) is 3. The zero-order chi connectivity index (χ0) is 16.2. The van der Waals surface area contributed by atoms with Crippen molar-refractivity contribution in [3.63, 3.8) is 0 Å². The summed E-state index contributed by atoms with van der Waals surface area (Å²) in [5, 5.41) is 0.586. The van der Waals surface area contributed by atoms with Gasteiger partial charge in [-0.15, -0.1) is 0 Å². The van der Waals surface area contributed by atoms with Gasteiger partial charge in [-0.1, -0.05) is 18.2 Å². The van der Waals surface area contributed by atoms with Crippen LogP contribution in [0.15, 0.2) is 24.3 Å². The van der Waals surface area contributed by atoms with E-state index in [-0.39, 0.29) is 11.3 Å². The highest BCUT2D eigenvalue weighted by Gasteiger charge is 2.40. The molecule has 6 heteroatoms. The summed E-state index contributed by atoms with van der Waals surface area (Å²) in [7, 11) is 1.34. The molecule has 0 amide bonds. The van der Waals surface area contributed by atoms with E-state index in [0.29, 0.717) is 46.9 Å². The van der Waals surface area contributed by atoms with Crippen molar-refractivity contribution in [2.75, 3.05) is 7.11 Å². The average Bonchev–Trinajstić information content (AvgIpc) is 2.98. The van der Waals surface area contributed by atoms with Gasteiger partial charge in [-0.05, 0) is 30.9 Å². The van der Waals surface area contributed by atoms with Crippen molar-refractivity contribution in [2.45, 2.75) is 25.4 Å². The van der Waals surface area contributed by atoms with Crippen LogP contribution in [0.25, 0.3) is 21.8 Å². The van der Waals surface area contributed by atoms with Gasteiger partial charge in [0, 0.05) is 11.1 Å². The largest absolute Gasteiger partial charge is 0.480 e. The number of hydrogen-bond donors (Lipinski definition) is 0. The highest BCUT2D eigenvalue weighted by atomic mass is 19.4. The van der Waals surface area contributed by atoms with Gasteiger partial charge in [-0.2, -0.15) is 13.2 Å². The Labute approximate surface area is 130 Å². The molecule has 0 spiro atoms. The molecule has 0 bridgehead atoms. The van der Waals surface area contributed by atoms with Crippen molar-refractivity contribution in [1.29, 1.82) is 0 Å². The predicted molar refractivity (Wildman–Crippen MR) is 80.6 cm³/mol. The first-order valence-corrected chi connectivity index (χ1v) is 7.36. The molecule has 4 rings (SSSR count). The van der Waals surface area contributed by atoms with E-state index in [1.807, 2.05) is 0 Å². The summed E-state index contributed by atoms with van der Waals surface area (Å²) in [6.07, 6.45) is -2.81. The summed E-state index contributed by atoms with van der Waals surface area (Å²) in [6.45, 7) is 0. The summed E-state index contributed by atoms with van der Waals surface area (Å²) in [5.74, 6) is -0.0202. The second-order valence-electron chi connectivity index (χ2n) is 5.63. The molecule has 0 saturated heterocycles. The van der Waals surface area contributed by atoms with E-state index in [4.69, 9.17) is 4.74 Å². The zero-order valence-corrected chi connectivity index (χ0v) is 12.4. The van der Waals surface area contributed by atoms with Gasteiger partial charge < -0.3 is 4.74 Å². The number of ether oxygens (including phenoxy) is 1. The number of rotatable bonds is 1. The topological polar surface area (TPSA) is 35.0 Å². The van der Waals surface area contributed by atoms with Crippen LogP contribution in [0.4, 0.5) is 13.2 Å². The first-order valence-electron chi connectivity index (χ1n) is 7.36. The lowest BCUT2D eigenvalue weighted by molar-refractivity contribution is -0.137. The lowest BCUT2D eigenvalue weighted by atomic mass is 9.99. The van der Waals surface area contributed by atoms with Crippen LogP contribution < -0.4 is 4.74 Å². The normalized spacial score (nSPS) is 14.4. The molecule has 3 nitrogen and oxygen atoms in total. The molecule has 0 N–H and O–H groups in total. The van der Waals surface area contributed by atoms with E-state index < -0.39 is 11.7 Å². The second kappa shape index (κ2) is 4.81. The molecule has 0 fully saturated rings. The van der Waals surface area contributed by atoms with E-state index in [9.17, 15) is 13.2 Å². The number of benzene rings is 1. The van der Waals surface area contributed by atoms with Gasteiger partial charge in [0.2, 0.25) is 5.88 Å². The first kappa shape index (κ1) is 14.2. The zero-order valence-electron chi connectivity index (χ0n) is 12.4. The van der Waals surface area contributed by atoms with E-state index in [0.717, 1.165) is 0 Å². The third kappa shape index (κ3) is 2.04. The lowest BCUT2D eigenvalue weighted by Gasteiger charge is -2.17. The summed E-state index contributed by atoms with van der Waals surface area (Å²) in [5.41, 5.74) is 1.10. The van der Waals surface area contributed by atoms with Crippen LogP contribution in [-0.4, -0.2) is 17.1 Å². The van der Waals surface area contributed by atoms with Crippen LogP contribution in [0.3, 0.4) is 0 Å². The quantitative estimate of drug-likeness (QED) is 0.628. The van der Waals surface area contributed by atoms with Gasteiger partial charge in [-0.25, -0.2) is 4.98 Å². The third-order valence-corrected chi connectivity index (χ3v) is 4.30. The highest BCUT2D eigenvalue weighted by Crippen LogP contribution is 2.44. The van der Waals surface area contributed by atoms with Gasteiger partial charge >= 0.3 is 6.18 Å². The molecule has 0 unspecified atom stereocenters. The third-order valence-electron chi connectivity index (χ3n) is 4.30. The number of aromatic nitrogens is 2. The fourth-order valence-electron chi connectivity index (χ4n) is 3.38. The summed E-state index contributed by atoms with van der Waals surface area (Å²) in [4.78, 5) is 8.81. The standard InChI is InChI=1S/C17H13F3N2O/c1-23-16-13-14(17(18,19)20)9-6-4-8-11(9)21-15(13)10-5-2-3-7-12(10)22-16/h2-3,5,7H,4,6,8H2,1H3. The molecule has 1 aromatic carbocycles. The monoisotopic (exact) mass is 318 g/mol. The van der Waals surface area contributed by atoms with Crippen molar-refractivity contribution in [1.82, 2.24) is 9.97 Å². The van der Waals surface area contributed by atoms with Gasteiger partial charge in [0.25, 0.3) is 0 Å². The Morgan fingerprint density at radius 2 is 1.87 bits per heavy atom. The Morgan fingerprint density at radius 1 is 1.09 bits per heavy atom. The highest BCUT2D eigenvalue weighted by molar-refractivity contribution is 6.07. The van der Waals surface area contributed by atoms with E-state index in [2.05, 4.69) is 9.97 Å². The Bertz CT molecular complexity index is 935. The van der Waals surface area contributed by atoms with Crippen molar-refractivity contribution in [3.05, 3.63) is 41.1 Å². The van der Waals surface area contributed by atoms with Crippen LogP contribution in [-0.2, 0) is 19.0 Å². The Balaban J connectivity index is 2.28. The molecule has 2 aromatic heterocycles. The van der Waals surface area contributed by atoms with Crippen LogP contribution in [0.2, 0.25) is 0 Å².